The maximum Gasteiger partial charge on any atom is 0.193 e. The molecule has 0 aliphatic carbocycles. The first-order valence-corrected chi connectivity index (χ1v) is 7.93. The Labute approximate surface area is 120 Å². The number of hydrogen-bond acceptors (Lipinski definition) is 3. The van der Waals surface area contributed by atoms with Crippen LogP contribution in [0.25, 0.3) is 0 Å². The maximum atomic E-state index is 4.48. The van der Waals surface area contributed by atoms with Crippen LogP contribution >= 0.6 is 11.3 Å². The van der Waals surface area contributed by atoms with E-state index in [-0.39, 0.29) is 0 Å². The van der Waals surface area contributed by atoms with Gasteiger partial charge >= 0.3 is 0 Å². The fourth-order valence-corrected chi connectivity index (χ4v) is 3.03. The van der Waals surface area contributed by atoms with Crippen molar-refractivity contribution in [2.24, 2.45) is 10.9 Å². The Balaban J connectivity index is 1.77. The van der Waals surface area contributed by atoms with Gasteiger partial charge in [-0.1, -0.05) is 6.92 Å². The fraction of sp³-hybridized carbons (Fsp3) is 0.714. The van der Waals surface area contributed by atoms with Crippen molar-refractivity contribution in [3.63, 3.8) is 0 Å². The molecule has 0 amide bonds. The molecular formula is C14H24N4S. The second-order valence-corrected chi connectivity index (χ2v) is 6.31. The molecule has 0 saturated carbocycles. The molecule has 1 aromatic heterocycles. The lowest BCUT2D eigenvalue weighted by Gasteiger charge is -2.32. The number of nitrogens with zero attached hydrogens (tertiary/aromatic N) is 3. The summed E-state index contributed by atoms with van der Waals surface area (Å²) in [5.41, 5.74) is 1.18. The van der Waals surface area contributed by atoms with Crippen LogP contribution < -0.4 is 5.32 Å². The second-order valence-electron chi connectivity index (χ2n) is 5.25. The van der Waals surface area contributed by atoms with Crippen LogP contribution in [0.4, 0.5) is 0 Å². The van der Waals surface area contributed by atoms with Crippen LogP contribution in [-0.2, 0) is 6.42 Å². The van der Waals surface area contributed by atoms with E-state index >= 15 is 0 Å². The lowest BCUT2D eigenvalue weighted by Crippen LogP contribution is -2.45. The number of piperidine rings is 1. The van der Waals surface area contributed by atoms with E-state index in [1.807, 2.05) is 7.05 Å². The SMILES string of the molecule is CN=C(NCCc1csc(C)n1)N1CCC(C)CC1. The van der Waals surface area contributed by atoms with E-state index in [9.17, 15) is 0 Å². The van der Waals surface area contributed by atoms with Gasteiger partial charge in [0.1, 0.15) is 0 Å². The summed E-state index contributed by atoms with van der Waals surface area (Å²) in [7, 11) is 1.87. The highest BCUT2D eigenvalue weighted by molar-refractivity contribution is 7.09. The molecule has 1 aliphatic heterocycles. The number of likely N-dealkylation sites (tertiary alicyclic amines) is 1. The number of rotatable bonds is 3. The van der Waals surface area contributed by atoms with Gasteiger partial charge in [0.15, 0.2) is 5.96 Å². The fourth-order valence-electron chi connectivity index (χ4n) is 2.38. The van der Waals surface area contributed by atoms with Gasteiger partial charge in [0, 0.05) is 38.5 Å². The molecule has 4 nitrogen and oxygen atoms in total. The molecule has 0 spiro atoms. The summed E-state index contributed by atoms with van der Waals surface area (Å²) in [6.45, 7) is 7.53. The molecule has 0 aromatic carbocycles. The van der Waals surface area contributed by atoms with Crippen LogP contribution in [0.2, 0.25) is 0 Å². The summed E-state index contributed by atoms with van der Waals surface area (Å²) >= 11 is 1.72. The largest absolute Gasteiger partial charge is 0.356 e. The van der Waals surface area contributed by atoms with Crippen molar-refractivity contribution in [3.8, 4) is 0 Å². The first-order chi connectivity index (χ1) is 9.19. The van der Waals surface area contributed by atoms with Gasteiger partial charge in [-0.25, -0.2) is 4.98 Å². The van der Waals surface area contributed by atoms with Crippen LogP contribution in [-0.4, -0.2) is 42.5 Å². The van der Waals surface area contributed by atoms with Crippen molar-refractivity contribution in [3.05, 3.63) is 16.1 Å². The lowest BCUT2D eigenvalue weighted by molar-refractivity contribution is 0.273. The normalized spacial score (nSPS) is 17.8. The molecule has 1 saturated heterocycles. The molecule has 2 rings (SSSR count). The summed E-state index contributed by atoms with van der Waals surface area (Å²) in [6, 6.07) is 0. The van der Waals surface area contributed by atoms with Gasteiger partial charge in [-0.15, -0.1) is 11.3 Å². The number of thiazole rings is 1. The zero-order valence-electron chi connectivity index (χ0n) is 12.1. The zero-order valence-corrected chi connectivity index (χ0v) is 13.0. The summed E-state index contributed by atoms with van der Waals surface area (Å²) in [6.07, 6.45) is 3.51. The van der Waals surface area contributed by atoms with E-state index in [4.69, 9.17) is 0 Å². The van der Waals surface area contributed by atoms with Crippen molar-refractivity contribution in [2.75, 3.05) is 26.7 Å². The van der Waals surface area contributed by atoms with Crippen LogP contribution in [0, 0.1) is 12.8 Å². The van der Waals surface area contributed by atoms with Gasteiger partial charge in [-0.05, 0) is 25.7 Å². The number of guanidine groups is 1. The van der Waals surface area contributed by atoms with E-state index in [1.54, 1.807) is 11.3 Å². The van der Waals surface area contributed by atoms with Gasteiger partial charge in [0.05, 0.1) is 10.7 Å². The van der Waals surface area contributed by atoms with E-state index in [1.165, 1.54) is 18.5 Å². The highest BCUT2D eigenvalue weighted by Crippen LogP contribution is 2.15. The molecular weight excluding hydrogens is 256 g/mol. The highest BCUT2D eigenvalue weighted by Gasteiger charge is 2.18. The molecule has 1 aliphatic rings. The Bertz CT molecular complexity index is 419. The Kier molecular flexibility index (Phi) is 5.19. The summed E-state index contributed by atoms with van der Waals surface area (Å²) in [5, 5.41) is 6.74. The van der Waals surface area contributed by atoms with Gasteiger partial charge in [0.2, 0.25) is 0 Å². The van der Waals surface area contributed by atoms with Crippen molar-refractivity contribution in [1.29, 1.82) is 0 Å². The molecule has 19 heavy (non-hydrogen) atoms. The lowest BCUT2D eigenvalue weighted by atomic mass is 10.00. The van der Waals surface area contributed by atoms with Crippen LogP contribution in [0.15, 0.2) is 10.4 Å². The smallest absolute Gasteiger partial charge is 0.193 e. The molecule has 0 radical (unpaired) electrons. The summed E-state index contributed by atoms with van der Waals surface area (Å²) in [5.74, 6) is 1.89. The Morgan fingerprint density at radius 1 is 1.53 bits per heavy atom. The van der Waals surface area contributed by atoms with Crippen molar-refractivity contribution < 1.29 is 0 Å². The predicted octanol–water partition coefficient (Wildman–Crippen LogP) is 2.30. The summed E-state index contributed by atoms with van der Waals surface area (Å²) in [4.78, 5) is 11.2. The zero-order chi connectivity index (χ0) is 13.7. The molecule has 106 valence electrons. The summed E-state index contributed by atoms with van der Waals surface area (Å²) < 4.78 is 0. The number of nitrogens with one attached hydrogen (secondary N) is 1. The minimum absolute atomic E-state index is 0.854. The molecule has 2 heterocycles. The third-order valence-corrected chi connectivity index (χ3v) is 4.45. The third-order valence-electron chi connectivity index (χ3n) is 3.63. The maximum absolute atomic E-state index is 4.48. The van der Waals surface area contributed by atoms with Crippen LogP contribution in [0.1, 0.15) is 30.5 Å². The first-order valence-electron chi connectivity index (χ1n) is 7.05. The molecule has 0 bridgehead atoms. The molecule has 0 unspecified atom stereocenters. The number of aryl methyl sites for hydroxylation is 1. The molecule has 5 heteroatoms. The minimum atomic E-state index is 0.854. The number of aromatic nitrogens is 1. The van der Waals surface area contributed by atoms with Gasteiger partial charge < -0.3 is 10.2 Å². The van der Waals surface area contributed by atoms with Gasteiger partial charge in [-0.3, -0.25) is 4.99 Å². The van der Waals surface area contributed by atoms with Gasteiger partial charge in [-0.2, -0.15) is 0 Å². The highest BCUT2D eigenvalue weighted by atomic mass is 32.1. The molecule has 1 fully saturated rings. The van der Waals surface area contributed by atoms with E-state index in [0.29, 0.717) is 0 Å². The third kappa shape index (κ3) is 4.20. The Morgan fingerprint density at radius 3 is 2.84 bits per heavy atom. The van der Waals surface area contributed by atoms with Crippen LogP contribution in [0.5, 0.6) is 0 Å². The average molecular weight is 280 g/mol. The van der Waals surface area contributed by atoms with E-state index < -0.39 is 0 Å². The monoisotopic (exact) mass is 280 g/mol. The predicted molar refractivity (Wildman–Crippen MR) is 81.9 cm³/mol. The molecule has 1 aromatic rings. The molecule has 1 N–H and O–H groups in total. The minimum Gasteiger partial charge on any atom is -0.356 e. The van der Waals surface area contributed by atoms with E-state index in [0.717, 1.165) is 42.9 Å². The standard InChI is InChI=1S/C14H24N4S/c1-11-5-8-18(9-6-11)14(15-3)16-7-4-13-10-19-12(2)17-13/h10-11H,4-9H2,1-3H3,(H,15,16). The second kappa shape index (κ2) is 6.89. The number of hydrogen-bond donors (Lipinski definition) is 1. The van der Waals surface area contributed by atoms with Gasteiger partial charge in [0.25, 0.3) is 0 Å². The van der Waals surface area contributed by atoms with Crippen molar-refractivity contribution >= 4 is 17.3 Å². The van der Waals surface area contributed by atoms with E-state index in [2.05, 4.69) is 39.4 Å². The Hall–Kier alpha value is -1.10. The van der Waals surface area contributed by atoms with Crippen molar-refractivity contribution in [1.82, 2.24) is 15.2 Å². The Morgan fingerprint density at radius 2 is 2.26 bits per heavy atom. The van der Waals surface area contributed by atoms with Crippen molar-refractivity contribution in [2.45, 2.75) is 33.1 Å². The topological polar surface area (TPSA) is 40.5 Å². The quantitative estimate of drug-likeness (QED) is 0.682. The molecule has 0 atom stereocenters. The average Bonchev–Trinajstić information content (AvgIpc) is 2.82. The van der Waals surface area contributed by atoms with Crippen LogP contribution in [0.3, 0.4) is 0 Å². The number of aliphatic imine (C=N–C) groups is 1. The first kappa shape index (κ1) is 14.3.